The van der Waals surface area contributed by atoms with Crippen LogP contribution in [0.25, 0.3) is 6.08 Å². The first-order chi connectivity index (χ1) is 13.4. The molecule has 0 spiro atoms. The molecule has 0 aliphatic carbocycles. The highest BCUT2D eigenvalue weighted by atomic mass is 32.2. The molecule has 3 aromatic rings. The second-order valence-corrected chi connectivity index (χ2v) is 9.04. The van der Waals surface area contributed by atoms with Gasteiger partial charge in [0, 0.05) is 17.2 Å². The lowest BCUT2D eigenvalue weighted by Crippen LogP contribution is -2.28. The summed E-state index contributed by atoms with van der Waals surface area (Å²) in [7, 11) is -3.84. The Kier molecular flexibility index (Phi) is 6.23. The molecule has 144 valence electrons. The average Bonchev–Trinajstić information content (AvgIpc) is 3.13. The maximum Gasteiger partial charge on any atom is 0.273 e. The number of carbonyl (C=O) groups is 1. The molecule has 2 aromatic heterocycles. The van der Waals surface area contributed by atoms with Crippen LogP contribution in [0.3, 0.4) is 0 Å². The number of nitrogens with one attached hydrogen (secondary N) is 1. The van der Waals surface area contributed by atoms with Crippen LogP contribution >= 0.6 is 11.3 Å². The van der Waals surface area contributed by atoms with Crippen LogP contribution in [0.5, 0.6) is 5.75 Å². The van der Waals surface area contributed by atoms with E-state index in [4.69, 9.17) is 4.74 Å². The van der Waals surface area contributed by atoms with Gasteiger partial charge in [0.05, 0.1) is 5.69 Å². The third-order valence-corrected chi connectivity index (χ3v) is 6.47. The van der Waals surface area contributed by atoms with Gasteiger partial charge in [-0.2, -0.15) is 0 Å². The number of sulfonamides is 1. The van der Waals surface area contributed by atoms with E-state index in [1.54, 1.807) is 43.5 Å². The lowest BCUT2D eigenvalue weighted by atomic mass is 10.2. The zero-order valence-electron chi connectivity index (χ0n) is 15.0. The van der Waals surface area contributed by atoms with Crippen molar-refractivity contribution in [1.29, 1.82) is 0 Å². The van der Waals surface area contributed by atoms with Crippen molar-refractivity contribution in [3.05, 3.63) is 83.0 Å². The van der Waals surface area contributed by atoms with Gasteiger partial charge in [0.15, 0.2) is 0 Å². The van der Waals surface area contributed by atoms with E-state index in [9.17, 15) is 13.2 Å². The van der Waals surface area contributed by atoms with Gasteiger partial charge in [-0.25, -0.2) is 13.1 Å². The predicted octanol–water partition coefficient (Wildman–Crippen LogP) is 3.55. The molecule has 8 heteroatoms. The van der Waals surface area contributed by atoms with Crippen molar-refractivity contribution in [2.24, 2.45) is 0 Å². The number of pyridine rings is 1. The summed E-state index contributed by atoms with van der Waals surface area (Å²) in [5.74, 6) is -0.0376. The van der Waals surface area contributed by atoms with E-state index in [0.29, 0.717) is 12.4 Å². The van der Waals surface area contributed by atoms with Crippen LogP contribution in [0.1, 0.15) is 16.1 Å². The van der Waals surface area contributed by atoms with Crippen molar-refractivity contribution < 1.29 is 17.9 Å². The Labute approximate surface area is 167 Å². The van der Waals surface area contributed by atoms with Gasteiger partial charge in [0.25, 0.3) is 15.9 Å². The zero-order chi connectivity index (χ0) is 20.0. The van der Waals surface area contributed by atoms with Crippen molar-refractivity contribution in [2.45, 2.75) is 17.7 Å². The Bertz CT molecular complexity index is 1070. The van der Waals surface area contributed by atoms with E-state index in [-0.39, 0.29) is 4.21 Å². The van der Waals surface area contributed by atoms with Crippen LogP contribution in [-0.4, -0.2) is 19.3 Å². The molecule has 6 nitrogen and oxygen atoms in total. The standard InChI is InChI=1S/C20H18N2O4S2/c1-15-5-12-20(27-15)28(24,25)22-19(23)11-8-16-6-9-18(10-7-16)26-14-17-4-2-3-13-21-17/h2-13H,14H2,1H3,(H,22,23). The first-order valence-corrected chi connectivity index (χ1v) is 10.7. The number of hydrogen-bond donors (Lipinski definition) is 1. The average molecular weight is 415 g/mol. The number of ether oxygens (including phenoxy) is 1. The molecule has 0 aliphatic heterocycles. The minimum atomic E-state index is -3.84. The van der Waals surface area contributed by atoms with Crippen LogP contribution < -0.4 is 9.46 Å². The van der Waals surface area contributed by atoms with Crippen molar-refractivity contribution in [3.63, 3.8) is 0 Å². The maximum atomic E-state index is 12.1. The van der Waals surface area contributed by atoms with Crippen molar-refractivity contribution in [1.82, 2.24) is 9.71 Å². The number of thiophene rings is 1. The number of aromatic nitrogens is 1. The Balaban J connectivity index is 1.55. The molecule has 0 fully saturated rings. The number of hydrogen-bond acceptors (Lipinski definition) is 6. The summed E-state index contributed by atoms with van der Waals surface area (Å²) in [5.41, 5.74) is 1.56. The van der Waals surface area contributed by atoms with E-state index < -0.39 is 15.9 Å². The molecular weight excluding hydrogens is 396 g/mol. The summed E-state index contributed by atoms with van der Waals surface area (Å²) in [6, 6.07) is 15.9. The fraction of sp³-hybridized carbons (Fsp3) is 0.100. The molecule has 0 aliphatic rings. The quantitative estimate of drug-likeness (QED) is 0.598. The van der Waals surface area contributed by atoms with Crippen molar-refractivity contribution in [2.75, 3.05) is 0 Å². The first kappa shape index (κ1) is 19.8. The van der Waals surface area contributed by atoms with E-state index in [2.05, 4.69) is 4.98 Å². The molecule has 1 amide bonds. The summed E-state index contributed by atoms with van der Waals surface area (Å²) < 4.78 is 32.0. The van der Waals surface area contributed by atoms with Gasteiger partial charge in [-0.15, -0.1) is 11.3 Å². The molecule has 2 heterocycles. The molecule has 0 saturated carbocycles. The Morgan fingerprint density at radius 2 is 1.93 bits per heavy atom. The van der Waals surface area contributed by atoms with Crippen LogP contribution in [0, 0.1) is 6.92 Å². The van der Waals surface area contributed by atoms with E-state index in [1.165, 1.54) is 18.2 Å². The minimum absolute atomic E-state index is 0.112. The Morgan fingerprint density at radius 3 is 2.57 bits per heavy atom. The first-order valence-electron chi connectivity index (χ1n) is 8.36. The third kappa shape index (κ3) is 5.51. The zero-order valence-corrected chi connectivity index (χ0v) is 16.7. The summed E-state index contributed by atoms with van der Waals surface area (Å²) in [4.78, 5) is 17.0. The van der Waals surface area contributed by atoms with Crippen LogP contribution in [0.4, 0.5) is 0 Å². The lowest BCUT2D eigenvalue weighted by Gasteiger charge is -2.05. The third-order valence-electron chi connectivity index (χ3n) is 3.64. The molecule has 28 heavy (non-hydrogen) atoms. The predicted molar refractivity (Wildman–Crippen MR) is 108 cm³/mol. The highest BCUT2D eigenvalue weighted by molar-refractivity contribution is 7.92. The monoisotopic (exact) mass is 414 g/mol. The molecule has 0 unspecified atom stereocenters. The van der Waals surface area contributed by atoms with Crippen LogP contribution in [0.2, 0.25) is 0 Å². The fourth-order valence-corrected chi connectivity index (χ4v) is 4.49. The second-order valence-electron chi connectivity index (χ2n) is 5.85. The largest absolute Gasteiger partial charge is 0.487 e. The fourth-order valence-electron chi connectivity index (χ4n) is 2.26. The van der Waals surface area contributed by atoms with Crippen molar-refractivity contribution in [3.8, 4) is 5.75 Å². The highest BCUT2D eigenvalue weighted by Crippen LogP contribution is 2.20. The van der Waals surface area contributed by atoms with E-state index >= 15 is 0 Å². The highest BCUT2D eigenvalue weighted by Gasteiger charge is 2.17. The second kappa shape index (κ2) is 8.81. The molecule has 0 bridgehead atoms. The number of carbonyl (C=O) groups excluding carboxylic acids is 1. The van der Waals surface area contributed by atoms with Gasteiger partial charge in [-0.3, -0.25) is 9.78 Å². The molecule has 0 saturated heterocycles. The normalized spacial score (nSPS) is 11.5. The van der Waals surface area contributed by atoms with Gasteiger partial charge < -0.3 is 4.74 Å². The number of benzene rings is 1. The maximum absolute atomic E-state index is 12.1. The van der Waals surface area contributed by atoms with Gasteiger partial charge >= 0.3 is 0 Å². The molecule has 0 atom stereocenters. The van der Waals surface area contributed by atoms with Crippen LogP contribution in [-0.2, 0) is 21.4 Å². The summed E-state index contributed by atoms with van der Waals surface area (Å²) in [5, 5.41) is 0. The van der Waals surface area contributed by atoms with E-state index in [0.717, 1.165) is 27.5 Å². The molecule has 0 radical (unpaired) electrons. The molecule has 1 N–H and O–H groups in total. The Hall–Kier alpha value is -2.97. The summed E-state index contributed by atoms with van der Waals surface area (Å²) in [6.07, 6.45) is 4.42. The minimum Gasteiger partial charge on any atom is -0.487 e. The Morgan fingerprint density at radius 1 is 1.14 bits per heavy atom. The van der Waals surface area contributed by atoms with Crippen LogP contribution in [0.15, 0.2) is 71.1 Å². The van der Waals surface area contributed by atoms with Gasteiger partial charge in [0.1, 0.15) is 16.6 Å². The molecule has 1 aromatic carbocycles. The lowest BCUT2D eigenvalue weighted by molar-refractivity contribution is -0.114. The number of amides is 1. The number of nitrogens with zero attached hydrogens (tertiary/aromatic N) is 1. The van der Waals surface area contributed by atoms with Gasteiger partial charge in [-0.05, 0) is 55.0 Å². The van der Waals surface area contributed by atoms with Crippen molar-refractivity contribution >= 4 is 33.3 Å². The SMILES string of the molecule is Cc1ccc(S(=O)(=O)NC(=O)C=Cc2ccc(OCc3ccccn3)cc2)s1. The van der Waals surface area contributed by atoms with Gasteiger partial charge in [-0.1, -0.05) is 18.2 Å². The van der Waals surface area contributed by atoms with E-state index in [1.807, 2.05) is 22.9 Å². The number of rotatable bonds is 7. The number of aryl methyl sites for hydroxylation is 1. The summed E-state index contributed by atoms with van der Waals surface area (Å²) in [6.45, 7) is 2.16. The topological polar surface area (TPSA) is 85.4 Å². The molecular formula is C20H18N2O4S2. The van der Waals surface area contributed by atoms with Gasteiger partial charge in [0.2, 0.25) is 0 Å². The smallest absolute Gasteiger partial charge is 0.273 e. The summed E-state index contributed by atoms with van der Waals surface area (Å²) >= 11 is 1.11. The molecule has 3 rings (SSSR count).